The molecular weight excluding hydrogens is 291 g/mol. The first-order chi connectivity index (χ1) is 9.90. The van der Waals surface area contributed by atoms with E-state index in [0.717, 1.165) is 10.8 Å². The number of halogens is 3. The maximum absolute atomic E-state index is 13.9. The number of fused-ring (bicyclic) bond motifs is 1. The number of nitrogens with zero attached hydrogens (tertiary/aromatic N) is 1. The standard InChI is InChI=1S/C13H8F3NO4/c14-6-3-7(15)10(16)11-9(6)12(18)8(21-13(19)20)4-17(11)5-1-2-5/h3-5H,1-2H2,(H,19,20). The van der Waals surface area contributed by atoms with Crippen molar-refractivity contribution in [1.82, 2.24) is 4.57 Å². The van der Waals surface area contributed by atoms with Crippen molar-refractivity contribution in [2.24, 2.45) is 0 Å². The first-order valence-electron chi connectivity index (χ1n) is 6.03. The number of pyridine rings is 1. The topological polar surface area (TPSA) is 68.5 Å². The molecule has 1 saturated carbocycles. The third kappa shape index (κ3) is 2.12. The molecule has 0 unspecified atom stereocenters. The van der Waals surface area contributed by atoms with Gasteiger partial charge in [0.15, 0.2) is 17.4 Å². The quantitative estimate of drug-likeness (QED) is 0.684. The SMILES string of the molecule is O=C(O)Oc1cn(C2CC2)c2c(F)c(F)cc(F)c2c1=O. The second kappa shape index (κ2) is 4.51. The van der Waals surface area contributed by atoms with Crippen molar-refractivity contribution in [3.05, 3.63) is 39.9 Å². The number of benzene rings is 1. The lowest BCUT2D eigenvalue weighted by Crippen LogP contribution is -2.18. The lowest BCUT2D eigenvalue weighted by molar-refractivity contribution is 0.143. The predicted molar refractivity (Wildman–Crippen MR) is 65.0 cm³/mol. The first kappa shape index (κ1) is 13.5. The normalized spacial score (nSPS) is 14.4. The molecule has 5 nitrogen and oxygen atoms in total. The minimum absolute atomic E-state index is 0.250. The van der Waals surface area contributed by atoms with Gasteiger partial charge in [-0.2, -0.15) is 0 Å². The van der Waals surface area contributed by atoms with E-state index in [1.807, 2.05) is 0 Å². The Kier molecular flexibility index (Phi) is 2.89. The second-order valence-corrected chi connectivity index (χ2v) is 4.71. The molecule has 0 amide bonds. The van der Waals surface area contributed by atoms with E-state index in [-0.39, 0.29) is 12.1 Å². The van der Waals surface area contributed by atoms with Crippen LogP contribution in [-0.4, -0.2) is 15.8 Å². The maximum atomic E-state index is 13.9. The summed E-state index contributed by atoms with van der Waals surface area (Å²) < 4.78 is 46.6. The Hall–Kier alpha value is -2.51. The van der Waals surface area contributed by atoms with Crippen LogP contribution in [0.2, 0.25) is 0 Å². The van der Waals surface area contributed by atoms with Crippen molar-refractivity contribution >= 4 is 17.1 Å². The fourth-order valence-corrected chi connectivity index (χ4v) is 2.22. The highest BCUT2D eigenvalue weighted by Crippen LogP contribution is 2.38. The fourth-order valence-electron chi connectivity index (χ4n) is 2.22. The largest absolute Gasteiger partial charge is 0.511 e. The number of ether oxygens (including phenoxy) is 1. The summed E-state index contributed by atoms with van der Waals surface area (Å²) in [6, 6.07) is 0.000794. The average molecular weight is 299 g/mol. The molecule has 0 radical (unpaired) electrons. The highest BCUT2D eigenvalue weighted by molar-refractivity contribution is 5.82. The third-order valence-electron chi connectivity index (χ3n) is 3.25. The highest BCUT2D eigenvalue weighted by atomic mass is 19.2. The van der Waals surface area contributed by atoms with Gasteiger partial charge in [0.1, 0.15) is 5.82 Å². The van der Waals surface area contributed by atoms with Gasteiger partial charge in [0.2, 0.25) is 5.43 Å². The molecule has 1 aliphatic rings. The predicted octanol–water partition coefficient (Wildman–Crippen LogP) is 2.81. The first-order valence-corrected chi connectivity index (χ1v) is 6.03. The van der Waals surface area contributed by atoms with E-state index in [0.29, 0.717) is 12.8 Å². The molecule has 110 valence electrons. The number of rotatable bonds is 2. The molecule has 8 heteroatoms. The Morgan fingerprint density at radius 3 is 2.52 bits per heavy atom. The van der Waals surface area contributed by atoms with Crippen LogP contribution < -0.4 is 10.2 Å². The van der Waals surface area contributed by atoms with Crippen molar-refractivity contribution in [3.63, 3.8) is 0 Å². The van der Waals surface area contributed by atoms with Gasteiger partial charge in [-0.1, -0.05) is 0 Å². The van der Waals surface area contributed by atoms with Gasteiger partial charge in [-0.3, -0.25) is 4.79 Å². The molecule has 0 bridgehead atoms. The molecule has 21 heavy (non-hydrogen) atoms. The minimum atomic E-state index is -1.75. The number of aromatic nitrogens is 1. The summed E-state index contributed by atoms with van der Waals surface area (Å²) in [4.78, 5) is 22.6. The van der Waals surface area contributed by atoms with Crippen LogP contribution in [0.3, 0.4) is 0 Å². The zero-order chi connectivity index (χ0) is 15.3. The van der Waals surface area contributed by atoms with Crippen LogP contribution in [0.4, 0.5) is 18.0 Å². The molecule has 1 aromatic heterocycles. The molecule has 1 aromatic carbocycles. The van der Waals surface area contributed by atoms with Gasteiger partial charge in [-0.05, 0) is 12.8 Å². The Labute approximate surface area is 115 Å². The van der Waals surface area contributed by atoms with E-state index in [1.165, 1.54) is 0 Å². The van der Waals surface area contributed by atoms with Crippen LogP contribution >= 0.6 is 0 Å². The summed E-state index contributed by atoms with van der Waals surface area (Å²) in [6.45, 7) is 0. The number of hydrogen-bond donors (Lipinski definition) is 1. The van der Waals surface area contributed by atoms with Crippen molar-refractivity contribution < 1.29 is 27.8 Å². The van der Waals surface area contributed by atoms with Crippen LogP contribution in [0, 0.1) is 17.5 Å². The van der Waals surface area contributed by atoms with E-state index >= 15 is 0 Å². The van der Waals surface area contributed by atoms with E-state index in [4.69, 9.17) is 5.11 Å². The van der Waals surface area contributed by atoms with Gasteiger partial charge >= 0.3 is 6.16 Å². The van der Waals surface area contributed by atoms with Crippen LogP contribution in [0.5, 0.6) is 5.75 Å². The Morgan fingerprint density at radius 1 is 1.29 bits per heavy atom. The van der Waals surface area contributed by atoms with Gasteiger partial charge < -0.3 is 14.4 Å². The third-order valence-corrected chi connectivity index (χ3v) is 3.25. The van der Waals surface area contributed by atoms with Gasteiger partial charge in [0.25, 0.3) is 0 Å². The smallest absolute Gasteiger partial charge is 0.449 e. The van der Waals surface area contributed by atoms with Crippen molar-refractivity contribution in [2.75, 3.05) is 0 Å². The van der Waals surface area contributed by atoms with Gasteiger partial charge in [-0.15, -0.1) is 0 Å². The molecule has 0 saturated heterocycles. The van der Waals surface area contributed by atoms with Crippen LogP contribution in [-0.2, 0) is 0 Å². The van der Waals surface area contributed by atoms with Crippen molar-refractivity contribution in [1.29, 1.82) is 0 Å². The number of hydrogen-bond acceptors (Lipinski definition) is 3. The van der Waals surface area contributed by atoms with Crippen LogP contribution in [0.25, 0.3) is 10.9 Å². The number of carboxylic acid groups (broad SMARTS) is 1. The molecule has 1 N–H and O–H groups in total. The summed E-state index contributed by atoms with van der Waals surface area (Å²) in [5, 5.41) is 7.86. The molecule has 1 aliphatic carbocycles. The summed E-state index contributed by atoms with van der Waals surface area (Å²) >= 11 is 0. The van der Waals surface area contributed by atoms with Crippen LogP contribution in [0.1, 0.15) is 18.9 Å². The highest BCUT2D eigenvalue weighted by Gasteiger charge is 2.29. The lowest BCUT2D eigenvalue weighted by atomic mass is 10.1. The molecule has 2 aromatic rings. The molecule has 1 fully saturated rings. The molecular formula is C13H8F3NO4. The Bertz CT molecular complexity index is 827. The van der Waals surface area contributed by atoms with E-state index in [9.17, 15) is 22.8 Å². The Balaban J connectivity index is 2.43. The average Bonchev–Trinajstić information content (AvgIpc) is 3.21. The summed E-state index contributed by atoms with van der Waals surface area (Å²) in [7, 11) is 0. The minimum Gasteiger partial charge on any atom is -0.449 e. The number of carbonyl (C=O) groups is 1. The van der Waals surface area contributed by atoms with Gasteiger partial charge in [-0.25, -0.2) is 18.0 Å². The van der Waals surface area contributed by atoms with Gasteiger partial charge in [0.05, 0.1) is 17.1 Å². The molecule has 0 spiro atoms. The van der Waals surface area contributed by atoms with Crippen molar-refractivity contribution in [3.8, 4) is 5.75 Å². The summed E-state index contributed by atoms with van der Waals surface area (Å²) in [5.41, 5.74) is -1.65. The monoisotopic (exact) mass is 299 g/mol. The fraction of sp³-hybridized carbons (Fsp3) is 0.231. The molecule has 0 atom stereocenters. The van der Waals surface area contributed by atoms with Gasteiger partial charge in [0, 0.05) is 12.1 Å². The lowest BCUT2D eigenvalue weighted by Gasteiger charge is -2.13. The van der Waals surface area contributed by atoms with E-state index < -0.39 is 45.7 Å². The van der Waals surface area contributed by atoms with Crippen molar-refractivity contribution in [2.45, 2.75) is 18.9 Å². The zero-order valence-electron chi connectivity index (χ0n) is 10.4. The van der Waals surface area contributed by atoms with E-state index in [2.05, 4.69) is 4.74 Å². The second-order valence-electron chi connectivity index (χ2n) is 4.71. The summed E-state index contributed by atoms with van der Waals surface area (Å²) in [6.07, 6.45) is 0.472. The van der Waals surface area contributed by atoms with Crippen LogP contribution in [0.15, 0.2) is 17.1 Å². The van der Waals surface area contributed by atoms with E-state index in [1.54, 1.807) is 0 Å². The molecule has 3 rings (SSSR count). The maximum Gasteiger partial charge on any atom is 0.511 e. The Morgan fingerprint density at radius 2 is 1.95 bits per heavy atom. The molecule has 1 heterocycles. The molecule has 0 aliphatic heterocycles. The zero-order valence-corrected chi connectivity index (χ0v) is 10.4. The summed E-state index contributed by atoms with van der Waals surface area (Å²) in [5.74, 6) is -4.68.